The molecule has 0 unspecified atom stereocenters. The summed E-state index contributed by atoms with van der Waals surface area (Å²) in [5.41, 5.74) is 6.42. The summed E-state index contributed by atoms with van der Waals surface area (Å²) in [6.45, 7) is 0.735. The predicted octanol–water partition coefficient (Wildman–Crippen LogP) is -0.986. The molecule has 0 aliphatic carbocycles. The molecule has 3 aromatic heterocycles. The zero-order valence-corrected chi connectivity index (χ0v) is 15.5. The summed E-state index contributed by atoms with van der Waals surface area (Å²) < 4.78 is 12.5. The Hall–Kier alpha value is -2.77. The van der Waals surface area contributed by atoms with Crippen LogP contribution in [0, 0.1) is 0 Å². The van der Waals surface area contributed by atoms with Gasteiger partial charge in [0.15, 0.2) is 23.2 Å². The number of hydrogen-bond donors (Lipinski definition) is 6. The van der Waals surface area contributed by atoms with Gasteiger partial charge in [-0.1, -0.05) is 0 Å². The largest absolute Gasteiger partial charge is 0.467 e. The molecule has 4 atom stereocenters. The van der Waals surface area contributed by atoms with Crippen LogP contribution in [-0.4, -0.2) is 72.8 Å². The number of ether oxygens (including phenoxy) is 1. The molecule has 156 valence electrons. The highest BCUT2D eigenvalue weighted by Gasteiger charge is 2.45. The molecule has 12 nitrogen and oxygen atoms in total. The van der Waals surface area contributed by atoms with Crippen molar-refractivity contribution in [2.45, 2.75) is 31.1 Å². The standard InChI is InChI=1S/C17H23N7O5/c18-3-4-19-17-23-11-14(20-6-9-2-1-5-28-9)21-8-22-15(11)24(17)16-13(27)12(26)10(7-25)29-16/h1-2,5,8,10,12-13,16,25-27H,3-4,6-7,18H2,(H,19,23)(H,20,21,22)/t10-,12-,13-,16-/m1/s1. The van der Waals surface area contributed by atoms with Gasteiger partial charge in [0.05, 0.1) is 19.4 Å². The van der Waals surface area contributed by atoms with E-state index in [1.165, 1.54) is 10.9 Å². The second-order valence-corrected chi connectivity index (χ2v) is 6.58. The molecular formula is C17H23N7O5. The quantitative estimate of drug-likeness (QED) is 0.271. The van der Waals surface area contributed by atoms with Gasteiger partial charge >= 0.3 is 0 Å². The third-order valence-electron chi connectivity index (χ3n) is 4.69. The number of nitrogens with one attached hydrogen (secondary N) is 2. The molecule has 0 radical (unpaired) electrons. The van der Waals surface area contributed by atoms with Crippen LogP contribution in [0.5, 0.6) is 0 Å². The van der Waals surface area contributed by atoms with Crippen LogP contribution in [0.2, 0.25) is 0 Å². The lowest BCUT2D eigenvalue weighted by Crippen LogP contribution is -2.33. The van der Waals surface area contributed by atoms with Gasteiger partial charge in [0.25, 0.3) is 0 Å². The van der Waals surface area contributed by atoms with E-state index in [1.807, 2.05) is 6.07 Å². The van der Waals surface area contributed by atoms with Crippen LogP contribution in [-0.2, 0) is 11.3 Å². The third kappa shape index (κ3) is 3.63. The summed E-state index contributed by atoms with van der Waals surface area (Å²) in [5.74, 6) is 1.54. The third-order valence-corrected chi connectivity index (χ3v) is 4.69. The van der Waals surface area contributed by atoms with Crippen LogP contribution in [0.25, 0.3) is 11.2 Å². The van der Waals surface area contributed by atoms with E-state index in [1.54, 1.807) is 12.3 Å². The monoisotopic (exact) mass is 405 g/mol. The SMILES string of the molecule is NCCNc1nc2c(NCc3ccco3)ncnc2n1[C@@H]1O[C@H](CO)[C@@H](O)[C@H]1O. The summed E-state index contributed by atoms with van der Waals surface area (Å²) in [5, 5.41) is 36.2. The number of fused-ring (bicyclic) bond motifs is 1. The molecular weight excluding hydrogens is 382 g/mol. The first-order valence-corrected chi connectivity index (χ1v) is 9.19. The average Bonchev–Trinajstić information content (AvgIpc) is 3.44. The zero-order valence-electron chi connectivity index (χ0n) is 15.5. The lowest BCUT2D eigenvalue weighted by atomic mass is 10.1. The molecule has 1 aliphatic heterocycles. The Balaban J connectivity index is 1.73. The number of furan rings is 1. The smallest absolute Gasteiger partial charge is 0.207 e. The number of aliphatic hydroxyl groups is 3. The number of rotatable bonds is 8. The second kappa shape index (κ2) is 8.31. The number of aromatic nitrogens is 4. The van der Waals surface area contributed by atoms with E-state index in [4.69, 9.17) is 14.9 Å². The van der Waals surface area contributed by atoms with E-state index < -0.39 is 31.1 Å². The molecule has 7 N–H and O–H groups in total. The number of aliphatic hydroxyl groups excluding tert-OH is 3. The highest BCUT2D eigenvalue weighted by molar-refractivity contribution is 5.85. The van der Waals surface area contributed by atoms with Gasteiger partial charge in [0, 0.05) is 13.1 Å². The average molecular weight is 405 g/mol. The molecule has 1 fully saturated rings. The highest BCUT2D eigenvalue weighted by atomic mass is 16.6. The fourth-order valence-corrected chi connectivity index (χ4v) is 3.27. The van der Waals surface area contributed by atoms with E-state index in [0.29, 0.717) is 42.6 Å². The predicted molar refractivity (Wildman–Crippen MR) is 102 cm³/mol. The number of nitrogens with zero attached hydrogens (tertiary/aromatic N) is 4. The fraction of sp³-hybridized carbons (Fsp3) is 0.471. The maximum atomic E-state index is 10.5. The van der Waals surface area contributed by atoms with Crippen LogP contribution in [0.15, 0.2) is 29.1 Å². The summed E-state index contributed by atoms with van der Waals surface area (Å²) in [6.07, 6.45) is -1.51. The van der Waals surface area contributed by atoms with Gasteiger partial charge in [0.1, 0.15) is 30.4 Å². The molecule has 0 amide bonds. The molecule has 0 spiro atoms. The van der Waals surface area contributed by atoms with Gasteiger partial charge in [-0.05, 0) is 12.1 Å². The minimum absolute atomic E-state index is 0.349. The minimum atomic E-state index is -1.28. The Morgan fingerprint density at radius 2 is 2.07 bits per heavy atom. The Morgan fingerprint density at radius 3 is 2.76 bits per heavy atom. The molecule has 0 aromatic carbocycles. The second-order valence-electron chi connectivity index (χ2n) is 6.58. The number of nitrogens with two attached hydrogens (primary N) is 1. The van der Waals surface area contributed by atoms with Gasteiger partial charge in [-0.3, -0.25) is 4.57 Å². The number of anilines is 2. The molecule has 1 saturated heterocycles. The van der Waals surface area contributed by atoms with Crippen LogP contribution < -0.4 is 16.4 Å². The van der Waals surface area contributed by atoms with Crippen molar-refractivity contribution in [1.82, 2.24) is 19.5 Å². The first-order valence-electron chi connectivity index (χ1n) is 9.19. The van der Waals surface area contributed by atoms with Crippen molar-refractivity contribution >= 4 is 22.9 Å². The van der Waals surface area contributed by atoms with Crippen LogP contribution in [0.1, 0.15) is 12.0 Å². The Labute approximate surface area is 165 Å². The van der Waals surface area contributed by atoms with Crippen molar-refractivity contribution in [2.24, 2.45) is 5.73 Å². The van der Waals surface area contributed by atoms with Gasteiger partial charge in [0.2, 0.25) is 5.95 Å². The van der Waals surface area contributed by atoms with Gasteiger partial charge in [-0.15, -0.1) is 0 Å². The normalized spacial score (nSPS) is 24.3. The van der Waals surface area contributed by atoms with E-state index in [0.717, 1.165) is 5.76 Å². The Morgan fingerprint density at radius 1 is 1.21 bits per heavy atom. The van der Waals surface area contributed by atoms with E-state index in [-0.39, 0.29) is 0 Å². The van der Waals surface area contributed by atoms with Gasteiger partial charge in [-0.25, -0.2) is 15.0 Å². The molecule has 3 aromatic rings. The van der Waals surface area contributed by atoms with Crippen molar-refractivity contribution < 1.29 is 24.5 Å². The molecule has 12 heteroatoms. The van der Waals surface area contributed by atoms with Crippen molar-refractivity contribution in [1.29, 1.82) is 0 Å². The lowest BCUT2D eigenvalue weighted by molar-refractivity contribution is -0.0501. The fourth-order valence-electron chi connectivity index (χ4n) is 3.27. The van der Waals surface area contributed by atoms with Crippen molar-refractivity contribution in [3.63, 3.8) is 0 Å². The van der Waals surface area contributed by atoms with Crippen molar-refractivity contribution in [2.75, 3.05) is 30.3 Å². The Kier molecular flexibility index (Phi) is 5.60. The minimum Gasteiger partial charge on any atom is -0.467 e. The van der Waals surface area contributed by atoms with Gasteiger partial charge in [-0.2, -0.15) is 0 Å². The molecule has 0 saturated carbocycles. The molecule has 29 heavy (non-hydrogen) atoms. The van der Waals surface area contributed by atoms with Crippen molar-refractivity contribution in [3.8, 4) is 0 Å². The molecule has 4 rings (SSSR count). The number of hydrogen-bond acceptors (Lipinski definition) is 11. The van der Waals surface area contributed by atoms with E-state index >= 15 is 0 Å². The summed E-state index contributed by atoms with van der Waals surface area (Å²) in [7, 11) is 0. The Bertz CT molecular complexity index is 947. The molecule has 1 aliphatic rings. The van der Waals surface area contributed by atoms with E-state index in [9.17, 15) is 15.3 Å². The van der Waals surface area contributed by atoms with Crippen molar-refractivity contribution in [3.05, 3.63) is 30.5 Å². The molecule has 0 bridgehead atoms. The van der Waals surface area contributed by atoms with Gasteiger partial charge < -0.3 is 40.8 Å². The highest BCUT2D eigenvalue weighted by Crippen LogP contribution is 2.35. The maximum absolute atomic E-state index is 10.5. The summed E-state index contributed by atoms with van der Waals surface area (Å²) in [4.78, 5) is 13.1. The van der Waals surface area contributed by atoms with Crippen LogP contribution in [0.3, 0.4) is 0 Å². The molecule has 4 heterocycles. The van der Waals surface area contributed by atoms with E-state index in [2.05, 4.69) is 25.6 Å². The first kappa shape index (κ1) is 19.5. The van der Waals surface area contributed by atoms with Crippen LogP contribution >= 0.6 is 0 Å². The summed E-state index contributed by atoms with van der Waals surface area (Å²) in [6, 6.07) is 3.62. The lowest BCUT2D eigenvalue weighted by Gasteiger charge is -2.19. The maximum Gasteiger partial charge on any atom is 0.207 e. The zero-order chi connectivity index (χ0) is 20.4. The number of imidazole rings is 1. The van der Waals surface area contributed by atoms with Crippen LogP contribution in [0.4, 0.5) is 11.8 Å². The summed E-state index contributed by atoms with van der Waals surface area (Å²) >= 11 is 0. The first-order chi connectivity index (χ1) is 14.1. The topological polar surface area (TPSA) is 177 Å².